The number of nitrogens with one attached hydrogen (secondary N) is 1. The molecule has 2 unspecified atom stereocenters. The summed E-state index contributed by atoms with van der Waals surface area (Å²) in [4.78, 5) is 11.2. The van der Waals surface area contributed by atoms with E-state index in [4.69, 9.17) is 4.74 Å². The van der Waals surface area contributed by atoms with E-state index in [1.54, 1.807) is 0 Å². The van der Waals surface area contributed by atoms with E-state index in [0.29, 0.717) is 6.61 Å². The van der Waals surface area contributed by atoms with Crippen LogP contribution in [0.5, 0.6) is 0 Å². The topological polar surface area (TPSA) is 47.6 Å². The van der Waals surface area contributed by atoms with Gasteiger partial charge in [0.15, 0.2) is 0 Å². The van der Waals surface area contributed by atoms with Crippen LogP contribution in [0.15, 0.2) is 0 Å². The van der Waals surface area contributed by atoms with Gasteiger partial charge in [0.2, 0.25) is 0 Å². The molecule has 68 valence electrons. The number of rotatable bonds is 1. The molecule has 0 radical (unpaired) electrons. The van der Waals surface area contributed by atoms with Gasteiger partial charge < -0.3 is 14.8 Å². The Bertz CT molecular complexity index is 198. The zero-order chi connectivity index (χ0) is 8.60. The average molecular weight is 171 g/mol. The van der Waals surface area contributed by atoms with Crippen molar-refractivity contribution in [3.8, 4) is 0 Å². The van der Waals surface area contributed by atoms with Crippen LogP contribution in [0, 0.1) is 5.41 Å². The van der Waals surface area contributed by atoms with Gasteiger partial charge in [-0.05, 0) is 6.42 Å². The third kappa shape index (κ3) is 0.949. The molecule has 0 aliphatic carbocycles. The number of esters is 1. The zero-order valence-corrected chi connectivity index (χ0v) is 7.13. The molecule has 0 bridgehead atoms. The highest BCUT2D eigenvalue weighted by Crippen LogP contribution is 2.38. The zero-order valence-electron chi connectivity index (χ0n) is 7.13. The molecule has 2 rings (SSSR count). The first-order chi connectivity index (χ1) is 5.78. The van der Waals surface area contributed by atoms with Gasteiger partial charge in [-0.15, -0.1) is 0 Å². The Kier molecular flexibility index (Phi) is 1.81. The van der Waals surface area contributed by atoms with Crippen molar-refractivity contribution in [1.29, 1.82) is 0 Å². The number of ether oxygens (including phenoxy) is 2. The molecule has 0 amide bonds. The molecule has 2 saturated heterocycles. The van der Waals surface area contributed by atoms with Crippen molar-refractivity contribution in [3.05, 3.63) is 0 Å². The number of carbonyl (C=O) groups excluding carboxylic acids is 1. The molecule has 2 aliphatic heterocycles. The van der Waals surface area contributed by atoms with Gasteiger partial charge in [0, 0.05) is 18.6 Å². The predicted molar refractivity (Wildman–Crippen MR) is 41.7 cm³/mol. The number of methoxy groups -OCH3 is 1. The van der Waals surface area contributed by atoms with Gasteiger partial charge in [-0.3, -0.25) is 4.79 Å². The smallest absolute Gasteiger partial charge is 0.323 e. The van der Waals surface area contributed by atoms with E-state index >= 15 is 0 Å². The molecule has 1 N–H and O–H groups in total. The maximum atomic E-state index is 11.2. The molecule has 0 aromatic carbocycles. The van der Waals surface area contributed by atoms with E-state index in [-0.39, 0.29) is 17.4 Å². The van der Waals surface area contributed by atoms with Gasteiger partial charge in [0.05, 0.1) is 13.7 Å². The Morgan fingerprint density at radius 3 is 3.00 bits per heavy atom. The Morgan fingerprint density at radius 2 is 2.58 bits per heavy atom. The van der Waals surface area contributed by atoms with E-state index < -0.39 is 0 Å². The summed E-state index contributed by atoms with van der Waals surface area (Å²) in [5.74, 6) is -0.160. The van der Waals surface area contributed by atoms with E-state index in [9.17, 15) is 4.79 Å². The molecule has 4 heteroatoms. The third-order valence-electron chi connectivity index (χ3n) is 2.84. The van der Waals surface area contributed by atoms with Crippen molar-refractivity contribution in [1.82, 2.24) is 5.32 Å². The summed E-state index contributed by atoms with van der Waals surface area (Å²) in [7, 11) is 1.42. The minimum absolute atomic E-state index is 0.0487. The molecule has 1 spiro atoms. The normalized spacial score (nSPS) is 39.6. The lowest BCUT2D eigenvalue weighted by molar-refractivity contribution is -0.151. The van der Waals surface area contributed by atoms with Crippen LogP contribution in [0.1, 0.15) is 6.42 Å². The summed E-state index contributed by atoms with van der Waals surface area (Å²) in [5, 5.41) is 3.07. The molecule has 0 saturated carbocycles. The highest BCUT2D eigenvalue weighted by Gasteiger charge is 2.53. The summed E-state index contributed by atoms with van der Waals surface area (Å²) >= 11 is 0. The monoisotopic (exact) mass is 171 g/mol. The summed E-state index contributed by atoms with van der Waals surface area (Å²) in [5.41, 5.74) is 0.0487. The molecule has 2 fully saturated rings. The van der Waals surface area contributed by atoms with Gasteiger partial charge in [-0.1, -0.05) is 0 Å². The largest absolute Gasteiger partial charge is 0.468 e. The van der Waals surface area contributed by atoms with E-state index in [2.05, 4.69) is 10.1 Å². The second-order valence-electron chi connectivity index (χ2n) is 3.50. The lowest BCUT2D eigenvalue weighted by atomic mass is 9.73. The van der Waals surface area contributed by atoms with Crippen molar-refractivity contribution in [2.75, 3.05) is 26.9 Å². The Labute approximate surface area is 71.2 Å². The Morgan fingerprint density at radius 1 is 1.75 bits per heavy atom. The highest BCUT2D eigenvalue weighted by molar-refractivity contribution is 5.78. The predicted octanol–water partition coefficient (Wildman–Crippen LogP) is -0.462. The van der Waals surface area contributed by atoms with E-state index in [0.717, 1.165) is 19.6 Å². The van der Waals surface area contributed by atoms with Crippen molar-refractivity contribution in [3.63, 3.8) is 0 Å². The first-order valence-electron chi connectivity index (χ1n) is 4.17. The molecule has 12 heavy (non-hydrogen) atoms. The SMILES string of the molecule is COC(=O)C1NCC12CCOC2. The maximum absolute atomic E-state index is 11.2. The molecule has 2 heterocycles. The molecular weight excluding hydrogens is 158 g/mol. The molecule has 2 aliphatic rings. The third-order valence-corrected chi connectivity index (χ3v) is 2.84. The van der Waals surface area contributed by atoms with Crippen LogP contribution in [0.2, 0.25) is 0 Å². The molecule has 0 aromatic rings. The first-order valence-corrected chi connectivity index (χ1v) is 4.17. The van der Waals surface area contributed by atoms with Gasteiger partial charge in [0.1, 0.15) is 6.04 Å². The molecule has 4 nitrogen and oxygen atoms in total. The van der Waals surface area contributed by atoms with Crippen LogP contribution in [0.25, 0.3) is 0 Å². The Balaban J connectivity index is 2.04. The van der Waals surface area contributed by atoms with Crippen LogP contribution in [0.4, 0.5) is 0 Å². The van der Waals surface area contributed by atoms with Gasteiger partial charge in [-0.2, -0.15) is 0 Å². The fraction of sp³-hybridized carbons (Fsp3) is 0.875. The fourth-order valence-electron chi connectivity index (χ4n) is 1.93. The van der Waals surface area contributed by atoms with Gasteiger partial charge >= 0.3 is 5.97 Å². The minimum Gasteiger partial charge on any atom is -0.468 e. The van der Waals surface area contributed by atoms with Crippen molar-refractivity contribution < 1.29 is 14.3 Å². The van der Waals surface area contributed by atoms with Crippen LogP contribution >= 0.6 is 0 Å². The second-order valence-corrected chi connectivity index (χ2v) is 3.50. The summed E-state index contributed by atoms with van der Waals surface area (Å²) in [6.07, 6.45) is 0.972. The second kappa shape index (κ2) is 2.71. The minimum atomic E-state index is -0.160. The summed E-state index contributed by atoms with van der Waals surface area (Å²) < 4.78 is 9.96. The van der Waals surface area contributed by atoms with Crippen LogP contribution in [-0.2, 0) is 14.3 Å². The maximum Gasteiger partial charge on any atom is 0.323 e. The van der Waals surface area contributed by atoms with Crippen LogP contribution in [-0.4, -0.2) is 38.9 Å². The molecule has 0 aromatic heterocycles. The first kappa shape index (κ1) is 8.01. The van der Waals surface area contributed by atoms with E-state index in [1.165, 1.54) is 7.11 Å². The summed E-state index contributed by atoms with van der Waals surface area (Å²) in [6.45, 7) is 2.35. The molecule has 2 atom stereocenters. The number of hydrogen-bond donors (Lipinski definition) is 1. The van der Waals surface area contributed by atoms with E-state index in [1.807, 2.05) is 0 Å². The van der Waals surface area contributed by atoms with Crippen molar-refractivity contribution in [2.24, 2.45) is 5.41 Å². The van der Waals surface area contributed by atoms with Gasteiger partial charge in [-0.25, -0.2) is 0 Å². The number of hydrogen-bond acceptors (Lipinski definition) is 4. The van der Waals surface area contributed by atoms with Crippen LogP contribution < -0.4 is 5.32 Å². The fourth-order valence-corrected chi connectivity index (χ4v) is 1.93. The van der Waals surface area contributed by atoms with Gasteiger partial charge in [0.25, 0.3) is 0 Å². The summed E-state index contributed by atoms with van der Waals surface area (Å²) in [6, 6.07) is -0.134. The lowest BCUT2D eigenvalue weighted by Crippen LogP contribution is -2.66. The number of carbonyl (C=O) groups is 1. The van der Waals surface area contributed by atoms with Crippen LogP contribution in [0.3, 0.4) is 0 Å². The standard InChI is InChI=1S/C8H13NO3/c1-11-7(10)6-8(4-9-6)2-3-12-5-8/h6,9H,2-5H2,1H3. The average Bonchev–Trinajstić information content (AvgIpc) is 2.52. The van der Waals surface area contributed by atoms with Crippen molar-refractivity contribution in [2.45, 2.75) is 12.5 Å². The highest BCUT2D eigenvalue weighted by atomic mass is 16.5. The lowest BCUT2D eigenvalue weighted by Gasteiger charge is -2.44. The van der Waals surface area contributed by atoms with Crippen molar-refractivity contribution >= 4 is 5.97 Å². The Hall–Kier alpha value is -0.610. The quantitative estimate of drug-likeness (QED) is 0.542. The molecular formula is C8H13NO3.